The second-order valence-electron chi connectivity index (χ2n) is 4.27. The number of aryl methyl sites for hydroxylation is 1. The van der Waals surface area contributed by atoms with Gasteiger partial charge < -0.3 is 5.32 Å². The van der Waals surface area contributed by atoms with Gasteiger partial charge in [0.15, 0.2) is 17.9 Å². The number of nitrogens with one attached hydrogen (secondary N) is 2. The molecule has 2 aromatic heterocycles. The van der Waals surface area contributed by atoms with Gasteiger partial charge >= 0.3 is 0 Å². The molecule has 0 amide bonds. The number of nitrogens with zero attached hydrogens (tertiary/aromatic N) is 3. The molecule has 100 valence electrons. The number of carbonyl (C=O) groups is 1. The summed E-state index contributed by atoms with van der Waals surface area (Å²) < 4.78 is 0. The van der Waals surface area contributed by atoms with Crippen LogP contribution in [0.1, 0.15) is 16.3 Å². The van der Waals surface area contributed by atoms with Crippen molar-refractivity contribution in [3.05, 3.63) is 40.8 Å². The predicted molar refractivity (Wildman–Crippen MR) is 76.5 cm³/mol. The van der Waals surface area contributed by atoms with E-state index in [1.807, 2.05) is 13.0 Å². The maximum Gasteiger partial charge on any atom is 0.195 e. The summed E-state index contributed by atoms with van der Waals surface area (Å²) in [7, 11) is 0. The van der Waals surface area contributed by atoms with E-state index >= 15 is 0 Å². The van der Waals surface area contributed by atoms with Crippen molar-refractivity contribution < 1.29 is 4.79 Å². The number of aldehydes is 1. The van der Waals surface area contributed by atoms with Gasteiger partial charge in [-0.15, -0.1) is 0 Å². The third-order valence-electron chi connectivity index (χ3n) is 2.73. The molecule has 0 bridgehead atoms. The first-order valence-corrected chi connectivity index (χ1v) is 6.25. The lowest BCUT2D eigenvalue weighted by Gasteiger charge is -2.07. The normalized spacial score (nSPS) is 10.7. The van der Waals surface area contributed by atoms with Gasteiger partial charge in [-0.2, -0.15) is 5.10 Å². The van der Waals surface area contributed by atoms with Crippen LogP contribution in [0.2, 0.25) is 5.02 Å². The molecule has 0 saturated carbocycles. The molecule has 0 radical (unpaired) electrons. The molecule has 0 aliphatic carbocycles. The molecule has 0 saturated heterocycles. The van der Waals surface area contributed by atoms with Crippen molar-refractivity contribution in [2.45, 2.75) is 6.92 Å². The van der Waals surface area contributed by atoms with Crippen LogP contribution in [0.25, 0.3) is 10.9 Å². The number of benzene rings is 1. The lowest BCUT2D eigenvalue weighted by Crippen LogP contribution is -2.01. The van der Waals surface area contributed by atoms with Crippen LogP contribution in [0.15, 0.2) is 24.3 Å². The molecule has 3 aromatic rings. The quantitative estimate of drug-likeness (QED) is 0.724. The zero-order valence-electron chi connectivity index (χ0n) is 10.5. The maximum atomic E-state index is 10.9. The van der Waals surface area contributed by atoms with Crippen molar-refractivity contribution in [2.75, 3.05) is 5.32 Å². The highest BCUT2D eigenvalue weighted by Gasteiger charge is 2.09. The van der Waals surface area contributed by atoms with Crippen LogP contribution in [0.4, 0.5) is 11.6 Å². The second-order valence-corrected chi connectivity index (χ2v) is 4.71. The molecule has 1 aromatic carbocycles. The molecule has 2 N–H and O–H groups in total. The lowest BCUT2D eigenvalue weighted by molar-refractivity contribution is 0.111. The van der Waals surface area contributed by atoms with Gasteiger partial charge in [0, 0.05) is 22.2 Å². The molecule has 7 heteroatoms. The predicted octanol–water partition coefficient (Wildman–Crippen LogP) is 2.87. The lowest BCUT2D eigenvalue weighted by atomic mass is 10.2. The van der Waals surface area contributed by atoms with Crippen molar-refractivity contribution in [3.8, 4) is 0 Å². The molecule has 0 atom stereocenters. The largest absolute Gasteiger partial charge is 0.323 e. The molecule has 0 aliphatic rings. The topological polar surface area (TPSA) is 83.6 Å². The Bertz CT molecular complexity index is 799. The summed E-state index contributed by atoms with van der Waals surface area (Å²) in [6.45, 7) is 1.89. The van der Waals surface area contributed by atoms with E-state index in [1.165, 1.54) is 0 Å². The Balaban J connectivity index is 2.15. The van der Waals surface area contributed by atoms with Crippen LogP contribution in [-0.4, -0.2) is 26.5 Å². The Morgan fingerprint density at radius 1 is 1.30 bits per heavy atom. The van der Waals surface area contributed by atoms with Crippen molar-refractivity contribution in [1.29, 1.82) is 0 Å². The van der Waals surface area contributed by atoms with Crippen LogP contribution >= 0.6 is 11.6 Å². The van der Waals surface area contributed by atoms with E-state index in [9.17, 15) is 4.79 Å². The number of aromatic nitrogens is 4. The highest BCUT2D eigenvalue weighted by atomic mass is 35.5. The standard InChI is InChI=1S/C13H10ClN5O/c1-7-4-11(19-18-7)16-13-9-5-8(14)2-3-10(9)15-12(6-20)17-13/h2-6H,1H3,(H2,15,16,17,18,19). The smallest absolute Gasteiger partial charge is 0.195 e. The van der Waals surface area contributed by atoms with E-state index in [0.717, 1.165) is 11.1 Å². The van der Waals surface area contributed by atoms with Gasteiger partial charge in [-0.05, 0) is 25.1 Å². The summed E-state index contributed by atoms with van der Waals surface area (Å²) in [5.41, 5.74) is 1.56. The Morgan fingerprint density at radius 3 is 2.85 bits per heavy atom. The van der Waals surface area contributed by atoms with Crippen LogP contribution < -0.4 is 5.32 Å². The van der Waals surface area contributed by atoms with E-state index in [-0.39, 0.29) is 5.82 Å². The molecular formula is C13H10ClN5O. The maximum absolute atomic E-state index is 10.9. The summed E-state index contributed by atoms with van der Waals surface area (Å²) in [4.78, 5) is 19.2. The fourth-order valence-corrected chi connectivity index (χ4v) is 2.04. The molecule has 0 aliphatic heterocycles. The molecule has 0 unspecified atom stereocenters. The van der Waals surface area contributed by atoms with Gasteiger partial charge in [-0.25, -0.2) is 9.97 Å². The van der Waals surface area contributed by atoms with E-state index in [4.69, 9.17) is 11.6 Å². The molecule has 0 spiro atoms. The summed E-state index contributed by atoms with van der Waals surface area (Å²) in [6, 6.07) is 7.04. The minimum absolute atomic E-state index is 0.106. The van der Waals surface area contributed by atoms with E-state index in [0.29, 0.717) is 28.5 Å². The minimum Gasteiger partial charge on any atom is -0.323 e. The summed E-state index contributed by atoms with van der Waals surface area (Å²) in [6.07, 6.45) is 0.606. The zero-order valence-corrected chi connectivity index (χ0v) is 11.3. The molecule has 3 rings (SSSR count). The van der Waals surface area contributed by atoms with Crippen LogP contribution in [-0.2, 0) is 0 Å². The summed E-state index contributed by atoms with van der Waals surface area (Å²) >= 11 is 6.00. The first-order valence-electron chi connectivity index (χ1n) is 5.87. The van der Waals surface area contributed by atoms with Gasteiger partial charge in [-0.1, -0.05) is 11.6 Å². The van der Waals surface area contributed by atoms with Crippen molar-refractivity contribution in [2.24, 2.45) is 0 Å². The molecule has 0 fully saturated rings. The van der Waals surface area contributed by atoms with Crippen LogP contribution in [0.5, 0.6) is 0 Å². The fraction of sp³-hybridized carbons (Fsp3) is 0.0769. The number of anilines is 2. The molecule has 20 heavy (non-hydrogen) atoms. The number of aromatic amines is 1. The van der Waals surface area contributed by atoms with E-state index < -0.39 is 0 Å². The Labute approximate surface area is 119 Å². The Morgan fingerprint density at radius 2 is 2.15 bits per heavy atom. The number of hydrogen-bond donors (Lipinski definition) is 2. The van der Waals surface area contributed by atoms with Gasteiger partial charge in [0.05, 0.1) is 5.52 Å². The number of fused-ring (bicyclic) bond motifs is 1. The molecular weight excluding hydrogens is 278 g/mol. The number of hydrogen-bond acceptors (Lipinski definition) is 5. The first-order chi connectivity index (χ1) is 9.65. The average molecular weight is 288 g/mol. The zero-order chi connectivity index (χ0) is 14.1. The van der Waals surface area contributed by atoms with Crippen LogP contribution in [0.3, 0.4) is 0 Å². The summed E-state index contributed by atoms with van der Waals surface area (Å²) in [5, 5.41) is 11.3. The highest BCUT2D eigenvalue weighted by Crippen LogP contribution is 2.25. The van der Waals surface area contributed by atoms with Gasteiger partial charge in [0.1, 0.15) is 5.82 Å². The number of rotatable bonds is 3. The third kappa shape index (κ3) is 2.33. The van der Waals surface area contributed by atoms with Gasteiger partial charge in [0.25, 0.3) is 0 Å². The third-order valence-corrected chi connectivity index (χ3v) is 2.97. The second kappa shape index (κ2) is 4.90. The average Bonchev–Trinajstić information content (AvgIpc) is 2.84. The van der Waals surface area contributed by atoms with Gasteiger partial charge in [0.2, 0.25) is 0 Å². The van der Waals surface area contributed by atoms with Crippen LogP contribution in [0, 0.1) is 6.92 Å². The fourth-order valence-electron chi connectivity index (χ4n) is 1.87. The monoisotopic (exact) mass is 287 g/mol. The number of halogens is 1. The van der Waals surface area contributed by atoms with Crippen molar-refractivity contribution in [1.82, 2.24) is 20.2 Å². The van der Waals surface area contributed by atoms with Crippen molar-refractivity contribution >= 4 is 40.4 Å². The van der Waals surface area contributed by atoms with E-state index in [2.05, 4.69) is 25.5 Å². The SMILES string of the molecule is Cc1cc(Nc2nc(C=O)nc3ccc(Cl)cc23)n[nH]1. The Hall–Kier alpha value is -2.47. The van der Waals surface area contributed by atoms with E-state index in [1.54, 1.807) is 18.2 Å². The number of carbonyl (C=O) groups excluding carboxylic acids is 1. The summed E-state index contributed by atoms with van der Waals surface area (Å²) in [5.74, 6) is 1.21. The number of H-pyrrole nitrogens is 1. The molecule has 2 heterocycles. The highest BCUT2D eigenvalue weighted by molar-refractivity contribution is 6.31. The Kier molecular flexibility index (Phi) is 3.08. The van der Waals surface area contributed by atoms with Gasteiger partial charge in [-0.3, -0.25) is 9.89 Å². The van der Waals surface area contributed by atoms with Crippen molar-refractivity contribution in [3.63, 3.8) is 0 Å². The molecule has 6 nitrogen and oxygen atoms in total. The minimum atomic E-state index is 0.106. The first kappa shape index (κ1) is 12.6.